The molecule has 0 bridgehead atoms. The number of fused-ring (bicyclic) bond motifs is 1. The van der Waals surface area contributed by atoms with Crippen molar-refractivity contribution in [1.29, 1.82) is 0 Å². The normalized spacial score (nSPS) is 24.4. The van der Waals surface area contributed by atoms with Crippen molar-refractivity contribution in [3.63, 3.8) is 0 Å². The average molecular weight is 687 g/mol. The molecule has 1 saturated carbocycles. The molecule has 15 heteroatoms. The Hall–Kier alpha value is -4.50. The number of rotatable bonds is 11. The number of aryl methyl sites for hydroxylation is 1. The van der Waals surface area contributed by atoms with Crippen molar-refractivity contribution in [2.75, 3.05) is 41.3 Å². The Morgan fingerprint density at radius 3 is 2.40 bits per heavy atom. The summed E-state index contributed by atoms with van der Waals surface area (Å²) in [5.41, 5.74) is 2.30. The Kier molecular flexibility index (Phi) is 10.0. The van der Waals surface area contributed by atoms with Gasteiger partial charge in [0.05, 0.1) is 24.6 Å². The van der Waals surface area contributed by atoms with E-state index in [4.69, 9.17) is 15.0 Å². The van der Waals surface area contributed by atoms with Crippen molar-refractivity contribution < 1.29 is 15.0 Å². The van der Waals surface area contributed by atoms with E-state index in [1.54, 1.807) is 11.0 Å². The fraction of sp³-hybridized carbons (Fsp3) is 0.600. The number of piperidine rings is 1. The summed E-state index contributed by atoms with van der Waals surface area (Å²) in [5.74, 6) is 2.17. The van der Waals surface area contributed by atoms with Crippen LogP contribution in [0, 0.1) is 0 Å². The minimum absolute atomic E-state index is 0.0575. The molecule has 1 aliphatic carbocycles. The maximum absolute atomic E-state index is 13.1. The molecule has 4 aromatic heterocycles. The second-order valence-corrected chi connectivity index (χ2v) is 13.9. The van der Waals surface area contributed by atoms with Gasteiger partial charge in [-0.05, 0) is 62.6 Å². The second-order valence-electron chi connectivity index (χ2n) is 13.9. The number of pyridine rings is 1. The number of carbonyl (C=O) groups excluding carboxylic acids is 1. The summed E-state index contributed by atoms with van der Waals surface area (Å²) in [5, 5.41) is 36.9. The molecular formula is C35H50N12O3. The van der Waals surface area contributed by atoms with Crippen LogP contribution in [0.5, 0.6) is 0 Å². The van der Waals surface area contributed by atoms with Gasteiger partial charge in [-0.15, -0.1) is 0 Å². The van der Waals surface area contributed by atoms with Gasteiger partial charge in [-0.3, -0.25) is 4.68 Å². The van der Waals surface area contributed by atoms with Crippen LogP contribution in [0.4, 0.5) is 22.4 Å². The van der Waals surface area contributed by atoms with E-state index in [1.807, 2.05) is 41.4 Å². The number of nitrogens with zero attached hydrogens (tertiary/aromatic N) is 9. The van der Waals surface area contributed by atoms with Gasteiger partial charge in [0.15, 0.2) is 17.0 Å². The van der Waals surface area contributed by atoms with E-state index < -0.39 is 18.2 Å². The summed E-state index contributed by atoms with van der Waals surface area (Å²) in [7, 11) is 0. The minimum atomic E-state index is -1.03. The molecule has 5 N–H and O–H groups in total. The quantitative estimate of drug-likeness (QED) is 0.157. The predicted octanol–water partition coefficient (Wildman–Crippen LogP) is 3.04. The molecule has 2 aliphatic heterocycles. The number of nitrogens with one attached hydrogen (secondary N) is 3. The standard InChI is InChI=1S/C35H50N12O3/c1-4-22-18-38-47(19-22)27-17-26(30(48)31(27)49)46-21-37-29-32(39-23(5-2)6-3)42-34(43-33(29)46)45-16-12-25(20-45)41-35(50)40-24-10-14-44(15-11-24)28-9-7-8-13-36-28/h7-9,13,18-19,21,23-27,30-31,48-49H,4-6,10-12,14-17,20H2,1-3H3,(H,39,42,43)(H2,40,41,50)/t25-,26-,27+,30+,31-/m1/s1. The Morgan fingerprint density at radius 1 is 0.940 bits per heavy atom. The maximum atomic E-state index is 13.1. The van der Waals surface area contributed by atoms with Gasteiger partial charge in [-0.2, -0.15) is 15.1 Å². The molecule has 2 saturated heterocycles. The maximum Gasteiger partial charge on any atom is 0.315 e. The number of hydrogen-bond donors (Lipinski definition) is 5. The molecule has 268 valence electrons. The Bertz CT molecular complexity index is 1740. The van der Waals surface area contributed by atoms with Crippen molar-refractivity contribution in [2.24, 2.45) is 0 Å². The van der Waals surface area contributed by atoms with E-state index in [1.165, 1.54) is 0 Å². The van der Waals surface area contributed by atoms with Crippen molar-refractivity contribution in [3.05, 3.63) is 48.7 Å². The first kappa shape index (κ1) is 34.0. The van der Waals surface area contributed by atoms with Crippen molar-refractivity contribution >= 4 is 34.8 Å². The third-order valence-electron chi connectivity index (χ3n) is 10.7. The zero-order valence-electron chi connectivity index (χ0n) is 29.2. The molecule has 3 aliphatic rings. The zero-order valence-corrected chi connectivity index (χ0v) is 29.2. The van der Waals surface area contributed by atoms with E-state index >= 15 is 0 Å². The summed E-state index contributed by atoms with van der Waals surface area (Å²) >= 11 is 0. The van der Waals surface area contributed by atoms with Crippen LogP contribution in [0.25, 0.3) is 11.2 Å². The highest BCUT2D eigenvalue weighted by atomic mass is 16.3. The van der Waals surface area contributed by atoms with Gasteiger partial charge >= 0.3 is 6.03 Å². The average Bonchev–Trinajstić information content (AvgIpc) is 3.95. The highest BCUT2D eigenvalue weighted by Crippen LogP contribution is 2.40. The smallest absolute Gasteiger partial charge is 0.315 e. The summed E-state index contributed by atoms with van der Waals surface area (Å²) in [6, 6.07) is 5.23. The summed E-state index contributed by atoms with van der Waals surface area (Å²) < 4.78 is 3.65. The van der Waals surface area contributed by atoms with E-state index in [9.17, 15) is 15.0 Å². The lowest BCUT2D eigenvalue weighted by Crippen LogP contribution is -2.50. The third-order valence-corrected chi connectivity index (χ3v) is 10.7. The summed E-state index contributed by atoms with van der Waals surface area (Å²) in [4.78, 5) is 36.6. The van der Waals surface area contributed by atoms with E-state index in [2.05, 4.69) is 56.6 Å². The van der Waals surface area contributed by atoms with Crippen LogP contribution < -0.4 is 25.8 Å². The molecule has 15 nitrogen and oxygen atoms in total. The fourth-order valence-corrected chi connectivity index (χ4v) is 7.61. The molecule has 2 amide bonds. The van der Waals surface area contributed by atoms with Crippen molar-refractivity contribution in [2.45, 2.75) is 108 Å². The van der Waals surface area contributed by atoms with E-state index in [-0.39, 0.29) is 30.2 Å². The molecule has 0 aromatic carbocycles. The van der Waals surface area contributed by atoms with Crippen LogP contribution in [-0.2, 0) is 6.42 Å². The molecular weight excluding hydrogens is 636 g/mol. The van der Waals surface area contributed by atoms with Crippen molar-refractivity contribution in [3.8, 4) is 0 Å². The van der Waals surface area contributed by atoms with Crippen LogP contribution in [0.3, 0.4) is 0 Å². The molecule has 5 atom stereocenters. The van der Waals surface area contributed by atoms with Gasteiger partial charge in [-0.1, -0.05) is 26.8 Å². The largest absolute Gasteiger partial charge is 0.388 e. The first-order chi connectivity index (χ1) is 24.3. The van der Waals surface area contributed by atoms with Gasteiger partial charge < -0.3 is 40.5 Å². The van der Waals surface area contributed by atoms with Gasteiger partial charge in [0, 0.05) is 56.7 Å². The highest BCUT2D eigenvalue weighted by molar-refractivity contribution is 5.85. The predicted molar refractivity (Wildman–Crippen MR) is 191 cm³/mol. The second kappa shape index (κ2) is 14.8. The number of amides is 2. The van der Waals surface area contributed by atoms with Crippen LogP contribution in [-0.4, -0.2) is 107 Å². The lowest BCUT2D eigenvalue weighted by atomic mass is 10.1. The third kappa shape index (κ3) is 6.93. The SMILES string of the molecule is CCc1cnn([C@H]2C[C@@H](n3cnc4c(NC(CC)CC)nc(N5CC[C@@H](NC(=O)NC6CCN(c7ccccn7)CC6)C5)nc43)[C@H](O)[C@@H]2O)c1. The number of anilines is 3. The van der Waals surface area contributed by atoms with Gasteiger partial charge in [-0.25, -0.2) is 14.8 Å². The number of aliphatic hydroxyl groups is 2. The molecule has 4 aromatic rings. The fourth-order valence-electron chi connectivity index (χ4n) is 7.61. The van der Waals surface area contributed by atoms with Gasteiger partial charge in [0.25, 0.3) is 0 Å². The van der Waals surface area contributed by atoms with Gasteiger partial charge in [0.1, 0.15) is 18.0 Å². The Labute approximate surface area is 292 Å². The van der Waals surface area contributed by atoms with Crippen LogP contribution in [0.2, 0.25) is 0 Å². The van der Waals surface area contributed by atoms with E-state index in [0.717, 1.165) is 63.0 Å². The molecule has 7 rings (SSSR count). The number of hydrogen-bond acceptors (Lipinski definition) is 11. The number of urea groups is 1. The first-order valence-electron chi connectivity index (χ1n) is 18.2. The van der Waals surface area contributed by atoms with Crippen molar-refractivity contribution in [1.82, 2.24) is 44.9 Å². The minimum Gasteiger partial charge on any atom is -0.388 e. The highest BCUT2D eigenvalue weighted by Gasteiger charge is 2.44. The number of imidazole rings is 1. The molecule has 0 unspecified atom stereocenters. The zero-order chi connectivity index (χ0) is 34.8. The Balaban J connectivity index is 1.05. The molecule has 50 heavy (non-hydrogen) atoms. The molecule has 3 fully saturated rings. The van der Waals surface area contributed by atoms with Gasteiger partial charge in [0.2, 0.25) is 5.95 Å². The lowest BCUT2D eigenvalue weighted by molar-refractivity contribution is 0.00721. The monoisotopic (exact) mass is 686 g/mol. The summed E-state index contributed by atoms with van der Waals surface area (Å²) in [6.45, 7) is 9.30. The number of carbonyl (C=O) groups is 1. The topological polar surface area (TPSA) is 174 Å². The van der Waals surface area contributed by atoms with Crippen LogP contribution >= 0.6 is 0 Å². The van der Waals surface area contributed by atoms with Crippen LogP contribution in [0.15, 0.2) is 43.1 Å². The van der Waals surface area contributed by atoms with Crippen LogP contribution in [0.1, 0.15) is 76.9 Å². The number of aromatic nitrogens is 7. The van der Waals surface area contributed by atoms with E-state index in [0.29, 0.717) is 42.4 Å². The molecule has 0 radical (unpaired) electrons. The first-order valence-corrected chi connectivity index (χ1v) is 18.2. The number of aliphatic hydroxyl groups excluding tert-OH is 2. The molecule has 6 heterocycles. The lowest BCUT2D eigenvalue weighted by Gasteiger charge is -2.33. The molecule has 0 spiro atoms. The summed E-state index contributed by atoms with van der Waals surface area (Å²) in [6.07, 6.45) is 10.9. The Morgan fingerprint density at radius 2 is 1.68 bits per heavy atom.